The van der Waals surface area contributed by atoms with Crippen molar-refractivity contribution in [1.29, 1.82) is 0 Å². The van der Waals surface area contributed by atoms with Gasteiger partial charge in [-0.2, -0.15) is 0 Å². The van der Waals surface area contributed by atoms with E-state index in [2.05, 4.69) is 13.8 Å². The summed E-state index contributed by atoms with van der Waals surface area (Å²) in [6.07, 6.45) is 4.76. The van der Waals surface area contributed by atoms with E-state index in [1.165, 1.54) is 6.42 Å². The van der Waals surface area contributed by atoms with Crippen LogP contribution < -0.4 is 11.5 Å². The SMILES string of the molecule is CC(C)C1CCCC(N)(C(N)=O)CC1. The molecular weight excluding hydrogens is 176 g/mol. The summed E-state index contributed by atoms with van der Waals surface area (Å²) < 4.78 is 0. The quantitative estimate of drug-likeness (QED) is 0.659. The standard InChI is InChI=1S/C11H22N2O/c1-8(2)9-4-3-6-11(13,7-5-9)10(12)14/h8-9H,3-7,13H2,1-2H3,(H2,12,14). The minimum Gasteiger partial charge on any atom is -0.368 e. The van der Waals surface area contributed by atoms with Crippen LogP contribution in [0.15, 0.2) is 0 Å². The molecule has 14 heavy (non-hydrogen) atoms. The van der Waals surface area contributed by atoms with Gasteiger partial charge in [-0.1, -0.05) is 26.7 Å². The maximum atomic E-state index is 11.2. The van der Waals surface area contributed by atoms with E-state index in [4.69, 9.17) is 11.5 Å². The van der Waals surface area contributed by atoms with Crippen molar-refractivity contribution in [3.05, 3.63) is 0 Å². The highest BCUT2D eigenvalue weighted by Gasteiger charge is 2.34. The fraction of sp³-hybridized carbons (Fsp3) is 0.909. The highest BCUT2D eigenvalue weighted by Crippen LogP contribution is 2.32. The average Bonchev–Trinajstić information content (AvgIpc) is 2.28. The van der Waals surface area contributed by atoms with Crippen molar-refractivity contribution < 1.29 is 4.79 Å². The summed E-state index contributed by atoms with van der Waals surface area (Å²) in [5.74, 6) is 1.06. The van der Waals surface area contributed by atoms with E-state index in [1.807, 2.05) is 0 Å². The summed E-state index contributed by atoms with van der Waals surface area (Å²) in [4.78, 5) is 11.2. The Morgan fingerprint density at radius 2 is 2.00 bits per heavy atom. The van der Waals surface area contributed by atoms with Gasteiger partial charge in [0.1, 0.15) is 0 Å². The smallest absolute Gasteiger partial charge is 0.237 e. The second-order valence-corrected chi connectivity index (χ2v) is 4.96. The fourth-order valence-electron chi connectivity index (χ4n) is 2.31. The molecule has 0 aliphatic heterocycles. The molecule has 0 spiro atoms. The second kappa shape index (κ2) is 4.30. The summed E-state index contributed by atoms with van der Waals surface area (Å²) in [6.45, 7) is 4.47. The van der Waals surface area contributed by atoms with Crippen molar-refractivity contribution in [1.82, 2.24) is 0 Å². The topological polar surface area (TPSA) is 69.1 Å². The van der Waals surface area contributed by atoms with Gasteiger partial charge in [0.15, 0.2) is 0 Å². The van der Waals surface area contributed by atoms with Gasteiger partial charge in [0.25, 0.3) is 0 Å². The van der Waals surface area contributed by atoms with Crippen LogP contribution in [0.3, 0.4) is 0 Å². The van der Waals surface area contributed by atoms with Gasteiger partial charge in [-0.3, -0.25) is 4.79 Å². The Kier molecular flexibility index (Phi) is 3.53. The van der Waals surface area contributed by atoms with Crippen molar-refractivity contribution in [2.24, 2.45) is 23.3 Å². The molecule has 0 bridgehead atoms. The summed E-state index contributed by atoms with van der Waals surface area (Å²) in [5.41, 5.74) is 10.6. The lowest BCUT2D eigenvalue weighted by Crippen LogP contribution is -2.51. The fourth-order valence-corrected chi connectivity index (χ4v) is 2.31. The first-order valence-electron chi connectivity index (χ1n) is 5.54. The molecule has 1 rings (SSSR count). The number of amides is 1. The van der Waals surface area contributed by atoms with Gasteiger partial charge in [0, 0.05) is 0 Å². The third-order valence-electron chi connectivity index (χ3n) is 3.59. The van der Waals surface area contributed by atoms with Gasteiger partial charge < -0.3 is 11.5 Å². The van der Waals surface area contributed by atoms with Crippen molar-refractivity contribution in [3.8, 4) is 0 Å². The van der Waals surface area contributed by atoms with Gasteiger partial charge in [0.2, 0.25) is 5.91 Å². The monoisotopic (exact) mass is 198 g/mol. The maximum absolute atomic E-state index is 11.2. The zero-order valence-corrected chi connectivity index (χ0v) is 9.25. The van der Waals surface area contributed by atoms with Gasteiger partial charge in [0.05, 0.1) is 5.54 Å². The lowest BCUT2D eigenvalue weighted by molar-refractivity contribution is -0.123. The summed E-state index contributed by atoms with van der Waals surface area (Å²) >= 11 is 0. The molecule has 4 N–H and O–H groups in total. The molecule has 1 fully saturated rings. The van der Waals surface area contributed by atoms with Crippen LogP contribution in [-0.4, -0.2) is 11.4 Å². The van der Waals surface area contributed by atoms with Crippen molar-refractivity contribution in [3.63, 3.8) is 0 Å². The van der Waals surface area contributed by atoms with Crippen LogP contribution in [0.4, 0.5) is 0 Å². The first kappa shape index (κ1) is 11.5. The van der Waals surface area contributed by atoms with E-state index in [-0.39, 0.29) is 5.91 Å². The van der Waals surface area contributed by atoms with Crippen LogP contribution in [-0.2, 0) is 4.79 Å². The molecular formula is C11H22N2O. The lowest BCUT2D eigenvalue weighted by Gasteiger charge is -2.24. The molecule has 2 unspecified atom stereocenters. The lowest BCUT2D eigenvalue weighted by atomic mass is 9.87. The Hall–Kier alpha value is -0.570. The molecule has 3 nitrogen and oxygen atoms in total. The van der Waals surface area contributed by atoms with Gasteiger partial charge in [-0.05, 0) is 31.1 Å². The Morgan fingerprint density at radius 1 is 1.36 bits per heavy atom. The molecule has 0 saturated heterocycles. The molecule has 0 radical (unpaired) electrons. The predicted octanol–water partition coefficient (Wildman–Crippen LogP) is 1.41. The van der Waals surface area contributed by atoms with Gasteiger partial charge in [-0.25, -0.2) is 0 Å². The Balaban J connectivity index is 2.61. The molecule has 1 amide bonds. The Labute approximate surface area is 86.2 Å². The van der Waals surface area contributed by atoms with E-state index in [9.17, 15) is 4.79 Å². The molecule has 1 aliphatic carbocycles. The first-order valence-corrected chi connectivity index (χ1v) is 5.54. The van der Waals surface area contributed by atoms with E-state index < -0.39 is 5.54 Å². The van der Waals surface area contributed by atoms with Crippen LogP contribution in [0.2, 0.25) is 0 Å². The summed E-state index contributed by atoms with van der Waals surface area (Å²) in [5, 5.41) is 0. The minimum absolute atomic E-state index is 0.332. The number of carbonyl (C=O) groups is 1. The number of carbonyl (C=O) groups excluding carboxylic acids is 1. The van der Waals surface area contributed by atoms with Crippen LogP contribution in [0, 0.1) is 11.8 Å². The third kappa shape index (κ3) is 2.47. The molecule has 3 heteroatoms. The Morgan fingerprint density at radius 3 is 2.50 bits per heavy atom. The summed E-state index contributed by atoms with van der Waals surface area (Å²) in [7, 11) is 0. The average molecular weight is 198 g/mol. The predicted molar refractivity (Wildman–Crippen MR) is 57.5 cm³/mol. The van der Waals surface area contributed by atoms with Crippen molar-refractivity contribution >= 4 is 5.91 Å². The number of hydrogen-bond acceptors (Lipinski definition) is 2. The largest absolute Gasteiger partial charge is 0.368 e. The first-order chi connectivity index (χ1) is 6.46. The Bertz CT molecular complexity index is 215. The molecule has 0 heterocycles. The van der Waals surface area contributed by atoms with Gasteiger partial charge in [-0.15, -0.1) is 0 Å². The van der Waals surface area contributed by atoms with E-state index in [1.54, 1.807) is 0 Å². The van der Waals surface area contributed by atoms with Crippen LogP contribution in [0.1, 0.15) is 46.0 Å². The number of primary amides is 1. The number of nitrogens with two attached hydrogens (primary N) is 2. The molecule has 82 valence electrons. The molecule has 2 atom stereocenters. The van der Waals surface area contributed by atoms with Gasteiger partial charge >= 0.3 is 0 Å². The number of hydrogen-bond donors (Lipinski definition) is 2. The van der Waals surface area contributed by atoms with E-state index >= 15 is 0 Å². The highest BCUT2D eigenvalue weighted by atomic mass is 16.1. The molecule has 1 aliphatic rings. The molecule has 0 aromatic rings. The molecule has 0 aromatic heterocycles. The van der Waals surface area contributed by atoms with Crippen LogP contribution in [0.5, 0.6) is 0 Å². The second-order valence-electron chi connectivity index (χ2n) is 4.96. The zero-order valence-electron chi connectivity index (χ0n) is 9.25. The maximum Gasteiger partial charge on any atom is 0.237 e. The number of rotatable bonds is 2. The van der Waals surface area contributed by atoms with E-state index in [0.29, 0.717) is 11.8 Å². The minimum atomic E-state index is -0.732. The van der Waals surface area contributed by atoms with Crippen molar-refractivity contribution in [2.75, 3.05) is 0 Å². The molecule has 0 aromatic carbocycles. The molecule has 1 saturated carbocycles. The van der Waals surface area contributed by atoms with E-state index in [0.717, 1.165) is 25.7 Å². The van der Waals surface area contributed by atoms with Crippen LogP contribution >= 0.6 is 0 Å². The zero-order chi connectivity index (χ0) is 10.8. The highest BCUT2D eigenvalue weighted by molar-refractivity contribution is 5.84. The van der Waals surface area contributed by atoms with Crippen LogP contribution in [0.25, 0.3) is 0 Å². The van der Waals surface area contributed by atoms with Crippen molar-refractivity contribution in [2.45, 2.75) is 51.5 Å². The normalized spacial score (nSPS) is 34.1. The third-order valence-corrected chi connectivity index (χ3v) is 3.59. The summed E-state index contributed by atoms with van der Waals surface area (Å²) in [6, 6.07) is 0.